The van der Waals surface area contributed by atoms with Crippen molar-refractivity contribution in [2.45, 2.75) is 33.2 Å². The lowest BCUT2D eigenvalue weighted by atomic mass is 10.2. The largest absolute Gasteiger partial charge is 0.264 e. The van der Waals surface area contributed by atoms with Gasteiger partial charge in [-0.15, -0.1) is 0 Å². The predicted molar refractivity (Wildman–Crippen MR) is 79.2 cm³/mol. The molecule has 2 nitrogen and oxygen atoms in total. The zero-order chi connectivity index (χ0) is 12.3. The van der Waals surface area contributed by atoms with Crippen molar-refractivity contribution in [2.75, 3.05) is 0 Å². The molecule has 1 aromatic heterocycles. The maximum Gasteiger partial charge on any atom is 0.0758 e. The highest BCUT2D eigenvalue weighted by molar-refractivity contribution is 14.1. The third kappa shape index (κ3) is 2.70. The minimum atomic E-state index is 0.875. The molecular formula is C14H17IN2. The fourth-order valence-electron chi connectivity index (χ4n) is 1.98. The molecule has 0 saturated carbocycles. The van der Waals surface area contributed by atoms with Gasteiger partial charge in [0.15, 0.2) is 0 Å². The van der Waals surface area contributed by atoms with E-state index in [0.717, 1.165) is 19.4 Å². The molecule has 2 rings (SSSR count). The molecule has 0 aliphatic heterocycles. The summed E-state index contributed by atoms with van der Waals surface area (Å²) in [4.78, 5) is 0. The van der Waals surface area contributed by atoms with Crippen LogP contribution < -0.4 is 0 Å². The second kappa shape index (κ2) is 5.67. The van der Waals surface area contributed by atoms with Gasteiger partial charge in [-0.2, -0.15) is 5.10 Å². The SMILES string of the molecule is CCc1nn(Cc2ccccc2)c(CC)c1I. The third-order valence-corrected chi connectivity index (χ3v) is 4.15. The Morgan fingerprint density at radius 3 is 2.41 bits per heavy atom. The maximum absolute atomic E-state index is 4.70. The molecule has 3 heteroatoms. The molecule has 0 spiro atoms. The van der Waals surface area contributed by atoms with Gasteiger partial charge in [-0.3, -0.25) is 4.68 Å². The smallest absolute Gasteiger partial charge is 0.0758 e. The molecule has 0 amide bonds. The first-order chi connectivity index (χ1) is 8.26. The molecule has 0 fully saturated rings. The van der Waals surface area contributed by atoms with Crippen LogP contribution >= 0.6 is 22.6 Å². The van der Waals surface area contributed by atoms with Gasteiger partial charge < -0.3 is 0 Å². The van der Waals surface area contributed by atoms with E-state index < -0.39 is 0 Å². The average molecular weight is 340 g/mol. The van der Waals surface area contributed by atoms with Crippen LogP contribution in [0.1, 0.15) is 30.8 Å². The molecule has 17 heavy (non-hydrogen) atoms. The predicted octanol–water partition coefficient (Wildman–Crippen LogP) is 3.66. The summed E-state index contributed by atoms with van der Waals surface area (Å²) in [7, 11) is 0. The van der Waals surface area contributed by atoms with Crippen molar-refractivity contribution in [1.82, 2.24) is 9.78 Å². The molecule has 0 unspecified atom stereocenters. The fourth-order valence-corrected chi connectivity index (χ4v) is 3.13. The van der Waals surface area contributed by atoms with Gasteiger partial charge in [0, 0.05) is 0 Å². The number of aryl methyl sites for hydroxylation is 1. The summed E-state index contributed by atoms with van der Waals surface area (Å²) in [5, 5.41) is 4.70. The summed E-state index contributed by atoms with van der Waals surface area (Å²) in [6.45, 7) is 5.23. The Balaban J connectivity index is 2.32. The van der Waals surface area contributed by atoms with Gasteiger partial charge in [0.05, 0.1) is 21.5 Å². The number of hydrogen-bond donors (Lipinski definition) is 0. The van der Waals surface area contributed by atoms with Gasteiger partial charge in [0.1, 0.15) is 0 Å². The molecule has 1 aromatic carbocycles. The Morgan fingerprint density at radius 1 is 1.12 bits per heavy atom. The van der Waals surface area contributed by atoms with E-state index in [1.165, 1.54) is 20.5 Å². The van der Waals surface area contributed by atoms with Crippen molar-refractivity contribution in [2.24, 2.45) is 0 Å². The van der Waals surface area contributed by atoms with Gasteiger partial charge in [0.25, 0.3) is 0 Å². The summed E-state index contributed by atoms with van der Waals surface area (Å²) >= 11 is 2.42. The molecule has 0 N–H and O–H groups in total. The normalized spacial score (nSPS) is 10.8. The molecule has 0 bridgehead atoms. The van der Waals surface area contributed by atoms with E-state index in [0.29, 0.717) is 0 Å². The fraction of sp³-hybridized carbons (Fsp3) is 0.357. The Bertz CT molecular complexity index is 488. The van der Waals surface area contributed by atoms with Crippen molar-refractivity contribution in [3.05, 3.63) is 50.9 Å². The zero-order valence-corrected chi connectivity index (χ0v) is 12.4. The number of benzene rings is 1. The van der Waals surface area contributed by atoms with E-state index >= 15 is 0 Å². The highest BCUT2D eigenvalue weighted by Gasteiger charge is 2.12. The summed E-state index contributed by atoms with van der Waals surface area (Å²) in [6.07, 6.45) is 2.05. The molecule has 2 aromatic rings. The van der Waals surface area contributed by atoms with Crippen molar-refractivity contribution in [1.29, 1.82) is 0 Å². The minimum Gasteiger partial charge on any atom is -0.264 e. The molecule has 0 saturated heterocycles. The molecular weight excluding hydrogens is 323 g/mol. The molecule has 0 aliphatic rings. The second-order valence-corrected chi connectivity index (χ2v) is 5.14. The topological polar surface area (TPSA) is 17.8 Å². The maximum atomic E-state index is 4.70. The van der Waals surface area contributed by atoms with Gasteiger partial charge >= 0.3 is 0 Å². The summed E-state index contributed by atoms with van der Waals surface area (Å²) in [6, 6.07) is 10.5. The van der Waals surface area contributed by atoms with Crippen molar-refractivity contribution < 1.29 is 0 Å². The van der Waals surface area contributed by atoms with Crippen LogP contribution in [-0.4, -0.2) is 9.78 Å². The Morgan fingerprint density at radius 2 is 1.82 bits per heavy atom. The van der Waals surface area contributed by atoms with Crippen molar-refractivity contribution in [3.63, 3.8) is 0 Å². The molecule has 1 heterocycles. The van der Waals surface area contributed by atoms with E-state index in [-0.39, 0.29) is 0 Å². The molecule has 0 atom stereocenters. The molecule has 0 radical (unpaired) electrons. The lowest BCUT2D eigenvalue weighted by Crippen LogP contribution is -2.06. The van der Waals surface area contributed by atoms with Crippen molar-refractivity contribution in [3.8, 4) is 0 Å². The third-order valence-electron chi connectivity index (χ3n) is 2.90. The molecule has 0 aliphatic carbocycles. The number of aromatic nitrogens is 2. The van der Waals surface area contributed by atoms with Crippen LogP contribution in [0.25, 0.3) is 0 Å². The van der Waals surface area contributed by atoms with Crippen LogP contribution in [0.3, 0.4) is 0 Å². The number of nitrogens with zero attached hydrogens (tertiary/aromatic N) is 2. The minimum absolute atomic E-state index is 0.875. The first-order valence-electron chi connectivity index (χ1n) is 6.04. The Kier molecular flexibility index (Phi) is 4.20. The number of halogens is 1. The highest BCUT2D eigenvalue weighted by atomic mass is 127. The van der Waals surface area contributed by atoms with E-state index in [1.54, 1.807) is 0 Å². The van der Waals surface area contributed by atoms with Gasteiger partial charge in [-0.05, 0) is 41.0 Å². The van der Waals surface area contributed by atoms with E-state index in [2.05, 4.69) is 71.5 Å². The molecule has 90 valence electrons. The van der Waals surface area contributed by atoms with E-state index in [4.69, 9.17) is 5.10 Å². The van der Waals surface area contributed by atoms with Crippen LogP contribution in [-0.2, 0) is 19.4 Å². The first kappa shape index (κ1) is 12.6. The quantitative estimate of drug-likeness (QED) is 0.777. The highest BCUT2D eigenvalue weighted by Crippen LogP contribution is 2.19. The number of hydrogen-bond acceptors (Lipinski definition) is 1. The van der Waals surface area contributed by atoms with E-state index in [1.807, 2.05) is 0 Å². The summed E-state index contributed by atoms with van der Waals surface area (Å²) in [5.41, 5.74) is 3.88. The van der Waals surface area contributed by atoms with Crippen LogP contribution in [0, 0.1) is 3.57 Å². The lowest BCUT2D eigenvalue weighted by molar-refractivity contribution is 0.640. The Hall–Kier alpha value is -0.840. The van der Waals surface area contributed by atoms with Gasteiger partial charge in [-0.1, -0.05) is 44.2 Å². The van der Waals surface area contributed by atoms with Crippen LogP contribution in [0.5, 0.6) is 0 Å². The second-order valence-electron chi connectivity index (χ2n) is 4.06. The average Bonchev–Trinajstić information content (AvgIpc) is 2.66. The Labute approximate surface area is 116 Å². The van der Waals surface area contributed by atoms with Gasteiger partial charge in [-0.25, -0.2) is 0 Å². The van der Waals surface area contributed by atoms with Crippen LogP contribution in [0.4, 0.5) is 0 Å². The zero-order valence-electron chi connectivity index (χ0n) is 10.3. The lowest BCUT2D eigenvalue weighted by Gasteiger charge is -2.06. The summed E-state index contributed by atoms with van der Waals surface area (Å²) < 4.78 is 3.49. The standard InChI is InChI=1S/C14H17IN2/c1-3-12-14(15)13(4-2)17(16-12)10-11-8-6-5-7-9-11/h5-9H,3-4,10H2,1-2H3. The first-order valence-corrected chi connectivity index (χ1v) is 7.12. The van der Waals surface area contributed by atoms with Crippen LogP contribution in [0.2, 0.25) is 0 Å². The van der Waals surface area contributed by atoms with Gasteiger partial charge in [0.2, 0.25) is 0 Å². The monoisotopic (exact) mass is 340 g/mol. The van der Waals surface area contributed by atoms with E-state index in [9.17, 15) is 0 Å². The number of rotatable bonds is 4. The van der Waals surface area contributed by atoms with Crippen molar-refractivity contribution >= 4 is 22.6 Å². The van der Waals surface area contributed by atoms with Crippen LogP contribution in [0.15, 0.2) is 30.3 Å². The summed E-state index contributed by atoms with van der Waals surface area (Å²) in [5.74, 6) is 0.